The molecule has 1 aromatic carbocycles. The van der Waals surface area contributed by atoms with Crippen molar-refractivity contribution in [1.29, 1.82) is 0 Å². The zero-order chi connectivity index (χ0) is 15.3. The van der Waals surface area contributed by atoms with Crippen molar-refractivity contribution in [3.05, 3.63) is 28.2 Å². The van der Waals surface area contributed by atoms with Crippen molar-refractivity contribution in [1.82, 2.24) is 5.32 Å². The highest BCUT2D eigenvalue weighted by molar-refractivity contribution is 9.10. The maximum absolute atomic E-state index is 12.4. The van der Waals surface area contributed by atoms with Crippen molar-refractivity contribution in [3.63, 3.8) is 0 Å². The fourth-order valence-corrected chi connectivity index (χ4v) is 3.81. The van der Waals surface area contributed by atoms with Gasteiger partial charge in [-0.1, -0.05) is 43.6 Å². The summed E-state index contributed by atoms with van der Waals surface area (Å²) >= 11 is 3.31. The molecule has 5 heteroatoms. The van der Waals surface area contributed by atoms with Gasteiger partial charge in [0.05, 0.1) is 5.56 Å². The Morgan fingerprint density at radius 2 is 1.85 bits per heavy atom. The molecule has 0 saturated heterocycles. The molecular formula is C15H21BrN2O2. The monoisotopic (exact) mass is 340 g/mol. The molecule has 0 bridgehead atoms. The van der Waals surface area contributed by atoms with Crippen LogP contribution in [0.5, 0.6) is 5.75 Å². The number of rotatable bonds is 2. The molecule has 1 amide bonds. The first-order valence-electron chi connectivity index (χ1n) is 6.63. The maximum Gasteiger partial charge on any atom is 0.255 e. The van der Waals surface area contributed by atoms with E-state index in [-0.39, 0.29) is 40.1 Å². The van der Waals surface area contributed by atoms with E-state index in [0.717, 1.165) is 4.47 Å². The number of nitrogens with one attached hydrogen (secondary N) is 1. The van der Waals surface area contributed by atoms with Crippen LogP contribution in [0.3, 0.4) is 0 Å². The minimum atomic E-state index is -0.276. The van der Waals surface area contributed by atoms with Crippen LogP contribution in [0.1, 0.15) is 38.1 Å². The molecule has 1 aromatic rings. The van der Waals surface area contributed by atoms with Crippen LogP contribution in [-0.2, 0) is 0 Å². The van der Waals surface area contributed by atoms with Gasteiger partial charge in [-0.15, -0.1) is 0 Å². The highest BCUT2D eigenvalue weighted by atomic mass is 79.9. The normalized spacial score (nSPS) is 26.7. The number of aromatic hydroxyl groups is 1. The van der Waals surface area contributed by atoms with Gasteiger partial charge in [-0.25, -0.2) is 0 Å². The number of carbonyl (C=O) groups is 1. The van der Waals surface area contributed by atoms with Gasteiger partial charge in [0.1, 0.15) is 5.75 Å². The first-order valence-corrected chi connectivity index (χ1v) is 7.42. The number of hydrogen-bond donors (Lipinski definition) is 3. The SMILES string of the molecule is CC1(C)C(N)C(C)(C)C1NC(=O)c1cc(Br)ccc1O. The van der Waals surface area contributed by atoms with Crippen molar-refractivity contribution in [2.45, 2.75) is 39.8 Å². The van der Waals surface area contributed by atoms with Gasteiger partial charge in [-0.2, -0.15) is 0 Å². The number of phenolic OH excluding ortho intramolecular Hbond substituents is 1. The lowest BCUT2D eigenvalue weighted by Gasteiger charge is -2.62. The second kappa shape index (κ2) is 4.74. The van der Waals surface area contributed by atoms with E-state index in [2.05, 4.69) is 48.9 Å². The molecule has 110 valence electrons. The Balaban J connectivity index is 2.22. The fraction of sp³-hybridized carbons (Fsp3) is 0.533. The molecule has 1 fully saturated rings. The van der Waals surface area contributed by atoms with Crippen LogP contribution in [-0.4, -0.2) is 23.1 Å². The minimum absolute atomic E-state index is 0.0232. The van der Waals surface area contributed by atoms with Crippen LogP contribution >= 0.6 is 15.9 Å². The van der Waals surface area contributed by atoms with Crippen LogP contribution in [0.25, 0.3) is 0 Å². The van der Waals surface area contributed by atoms with E-state index in [0.29, 0.717) is 0 Å². The van der Waals surface area contributed by atoms with E-state index in [9.17, 15) is 9.90 Å². The molecule has 20 heavy (non-hydrogen) atoms. The number of nitrogens with two attached hydrogens (primary N) is 1. The highest BCUT2D eigenvalue weighted by Crippen LogP contribution is 2.52. The lowest BCUT2D eigenvalue weighted by Crippen LogP contribution is -2.76. The smallest absolute Gasteiger partial charge is 0.255 e. The fourth-order valence-electron chi connectivity index (χ4n) is 3.45. The summed E-state index contributed by atoms with van der Waals surface area (Å²) in [6, 6.07) is 4.80. The van der Waals surface area contributed by atoms with Crippen molar-refractivity contribution < 1.29 is 9.90 Å². The van der Waals surface area contributed by atoms with Crippen LogP contribution in [0.4, 0.5) is 0 Å². The third-order valence-corrected chi connectivity index (χ3v) is 5.06. The first-order chi connectivity index (χ1) is 9.08. The molecule has 1 aliphatic carbocycles. The van der Waals surface area contributed by atoms with Crippen molar-refractivity contribution in [2.75, 3.05) is 0 Å². The predicted octanol–water partition coefficient (Wildman–Crippen LogP) is 2.65. The molecule has 0 radical (unpaired) electrons. The maximum atomic E-state index is 12.4. The topological polar surface area (TPSA) is 75.3 Å². The molecule has 0 aliphatic heterocycles. The molecule has 0 spiro atoms. The molecule has 0 unspecified atom stereocenters. The molecular weight excluding hydrogens is 320 g/mol. The van der Waals surface area contributed by atoms with E-state index < -0.39 is 0 Å². The third-order valence-electron chi connectivity index (χ3n) is 4.57. The van der Waals surface area contributed by atoms with E-state index in [4.69, 9.17) is 5.73 Å². The van der Waals surface area contributed by atoms with Gasteiger partial charge in [0.25, 0.3) is 5.91 Å². The molecule has 1 aliphatic rings. The van der Waals surface area contributed by atoms with Crippen molar-refractivity contribution in [2.24, 2.45) is 16.6 Å². The largest absolute Gasteiger partial charge is 0.507 e. The van der Waals surface area contributed by atoms with Crippen molar-refractivity contribution in [3.8, 4) is 5.75 Å². The number of phenols is 1. The number of amides is 1. The summed E-state index contributed by atoms with van der Waals surface area (Å²) in [5.41, 5.74) is 6.12. The Hall–Kier alpha value is -1.07. The standard InChI is InChI=1S/C15H21BrN2O2/c1-14(2)12(17)15(3,4)13(14)18-11(20)9-7-8(16)5-6-10(9)19/h5-7,12-13,19H,17H2,1-4H3,(H,18,20). The second-order valence-electron chi connectivity index (χ2n) is 6.69. The number of hydrogen-bond acceptors (Lipinski definition) is 3. The zero-order valence-corrected chi connectivity index (χ0v) is 13.8. The number of halogens is 1. The quantitative estimate of drug-likeness (QED) is 0.774. The lowest BCUT2D eigenvalue weighted by atomic mass is 9.48. The number of benzene rings is 1. The summed E-state index contributed by atoms with van der Waals surface area (Å²) in [4.78, 5) is 12.4. The number of carbonyl (C=O) groups excluding carboxylic acids is 1. The Kier molecular flexibility index (Phi) is 3.63. The van der Waals surface area contributed by atoms with Crippen LogP contribution in [0.2, 0.25) is 0 Å². The Morgan fingerprint density at radius 3 is 2.40 bits per heavy atom. The van der Waals surface area contributed by atoms with Gasteiger partial charge in [0, 0.05) is 27.4 Å². The molecule has 1 saturated carbocycles. The summed E-state index contributed by atoms with van der Waals surface area (Å²) in [5.74, 6) is -0.299. The Morgan fingerprint density at radius 1 is 1.30 bits per heavy atom. The minimum Gasteiger partial charge on any atom is -0.507 e. The second-order valence-corrected chi connectivity index (χ2v) is 7.60. The van der Waals surface area contributed by atoms with Gasteiger partial charge in [-0.05, 0) is 18.2 Å². The lowest BCUT2D eigenvalue weighted by molar-refractivity contribution is -0.0663. The van der Waals surface area contributed by atoms with Gasteiger partial charge in [0.15, 0.2) is 0 Å². The summed E-state index contributed by atoms with van der Waals surface area (Å²) in [7, 11) is 0. The summed E-state index contributed by atoms with van der Waals surface area (Å²) < 4.78 is 0.754. The molecule has 2 rings (SSSR count). The van der Waals surface area contributed by atoms with Gasteiger partial charge in [0.2, 0.25) is 0 Å². The highest BCUT2D eigenvalue weighted by Gasteiger charge is 2.60. The molecule has 0 aromatic heterocycles. The molecule has 4 N–H and O–H groups in total. The van der Waals surface area contributed by atoms with E-state index in [1.54, 1.807) is 12.1 Å². The summed E-state index contributed by atoms with van der Waals surface area (Å²) in [6.45, 7) is 8.20. The summed E-state index contributed by atoms with van der Waals surface area (Å²) in [6.07, 6.45) is 0. The van der Waals surface area contributed by atoms with E-state index in [1.165, 1.54) is 6.07 Å². The first kappa shape index (κ1) is 15.3. The zero-order valence-electron chi connectivity index (χ0n) is 12.2. The van der Waals surface area contributed by atoms with Crippen LogP contribution in [0.15, 0.2) is 22.7 Å². The van der Waals surface area contributed by atoms with Gasteiger partial charge in [-0.3, -0.25) is 4.79 Å². The van der Waals surface area contributed by atoms with E-state index >= 15 is 0 Å². The molecule has 0 heterocycles. The molecule has 0 atom stereocenters. The third kappa shape index (κ3) is 2.23. The predicted molar refractivity (Wildman–Crippen MR) is 82.6 cm³/mol. The van der Waals surface area contributed by atoms with E-state index in [1.807, 2.05) is 0 Å². The van der Waals surface area contributed by atoms with Crippen LogP contribution < -0.4 is 11.1 Å². The Bertz CT molecular complexity index is 539. The van der Waals surface area contributed by atoms with Crippen LogP contribution in [0, 0.1) is 10.8 Å². The molecule has 4 nitrogen and oxygen atoms in total. The summed E-state index contributed by atoms with van der Waals surface area (Å²) in [5, 5.41) is 12.8. The average Bonchev–Trinajstić information content (AvgIpc) is 2.37. The van der Waals surface area contributed by atoms with Gasteiger partial charge < -0.3 is 16.2 Å². The average molecular weight is 341 g/mol. The van der Waals surface area contributed by atoms with Crippen molar-refractivity contribution >= 4 is 21.8 Å². The Labute approximate surface area is 127 Å². The van der Waals surface area contributed by atoms with Gasteiger partial charge >= 0.3 is 0 Å².